The number of nitrogens with zero attached hydrogens (tertiary/aromatic N) is 6. The van der Waals surface area contributed by atoms with Crippen molar-refractivity contribution in [1.29, 1.82) is 0 Å². The number of carbonyl (C=O) groups is 2. The molecule has 1 aliphatic heterocycles. The van der Waals surface area contributed by atoms with E-state index in [2.05, 4.69) is 26.0 Å². The molecule has 1 aromatic carbocycles. The second kappa shape index (κ2) is 10.6. The van der Waals surface area contributed by atoms with E-state index in [1.54, 1.807) is 18.1 Å². The Morgan fingerprint density at radius 3 is 2.79 bits per heavy atom. The first-order valence-corrected chi connectivity index (χ1v) is 14.6. The number of aryl methyl sites for hydroxylation is 2. The number of ether oxygens (including phenoxy) is 1. The predicted octanol–water partition coefficient (Wildman–Crippen LogP) is 3.68. The molecule has 4 heterocycles. The van der Waals surface area contributed by atoms with E-state index in [1.165, 1.54) is 34.9 Å². The summed E-state index contributed by atoms with van der Waals surface area (Å²) in [6, 6.07) is 10.0. The van der Waals surface area contributed by atoms with Crippen LogP contribution < -0.4 is 15.8 Å². The van der Waals surface area contributed by atoms with Gasteiger partial charge in [0.05, 0.1) is 35.7 Å². The van der Waals surface area contributed by atoms with Gasteiger partial charge in [0, 0.05) is 43.8 Å². The molecule has 11 nitrogen and oxygen atoms in total. The first kappa shape index (κ1) is 26.2. The van der Waals surface area contributed by atoms with Gasteiger partial charge in [-0.3, -0.25) is 19.1 Å². The fourth-order valence-electron chi connectivity index (χ4n) is 6.03. The predicted molar refractivity (Wildman–Crippen MR) is 156 cm³/mol. The number of benzene rings is 1. The van der Waals surface area contributed by atoms with Gasteiger partial charge >= 0.3 is 5.97 Å². The normalized spacial score (nSPS) is 16.2. The van der Waals surface area contributed by atoms with Gasteiger partial charge in [-0.15, -0.1) is 0 Å². The first-order chi connectivity index (χ1) is 20.4. The topological polar surface area (TPSA) is 116 Å². The number of fused-ring (bicyclic) bond motifs is 3. The molecule has 1 amide bonds. The molecular weight excluding hydrogens is 534 g/mol. The highest BCUT2D eigenvalue weighted by molar-refractivity contribution is 6.06. The number of aromatic nitrogens is 5. The molecule has 0 spiro atoms. The maximum Gasteiger partial charge on any atom is 0.312 e. The number of rotatable bonds is 8. The van der Waals surface area contributed by atoms with Gasteiger partial charge in [0.2, 0.25) is 0 Å². The van der Waals surface area contributed by atoms with Crippen LogP contribution in [-0.4, -0.2) is 42.3 Å². The van der Waals surface area contributed by atoms with Crippen LogP contribution in [0.25, 0.3) is 0 Å². The summed E-state index contributed by atoms with van der Waals surface area (Å²) in [4.78, 5) is 45.4. The minimum Gasteiger partial charge on any atom is -0.460 e. The van der Waals surface area contributed by atoms with E-state index in [4.69, 9.17) is 4.74 Å². The third-order valence-electron chi connectivity index (χ3n) is 8.32. The van der Waals surface area contributed by atoms with Crippen molar-refractivity contribution in [2.75, 3.05) is 16.8 Å². The second-order valence-electron chi connectivity index (χ2n) is 11.3. The van der Waals surface area contributed by atoms with Crippen LogP contribution in [0.2, 0.25) is 0 Å². The molecule has 0 unspecified atom stereocenters. The lowest BCUT2D eigenvalue weighted by Crippen LogP contribution is -2.41. The number of hydrogen-bond donors (Lipinski definition) is 1. The van der Waals surface area contributed by atoms with Crippen LogP contribution in [0.4, 0.5) is 17.2 Å². The molecule has 1 saturated carbocycles. The third-order valence-corrected chi connectivity index (χ3v) is 8.32. The molecule has 4 aromatic rings. The number of nitrogens with one attached hydrogen (secondary N) is 1. The van der Waals surface area contributed by atoms with Gasteiger partial charge in [-0.25, -0.2) is 4.98 Å². The maximum atomic E-state index is 13.6. The zero-order valence-corrected chi connectivity index (χ0v) is 23.6. The van der Waals surface area contributed by atoms with Crippen molar-refractivity contribution in [2.24, 2.45) is 7.05 Å². The summed E-state index contributed by atoms with van der Waals surface area (Å²) in [5.41, 5.74) is 5.62. The highest BCUT2D eigenvalue weighted by Crippen LogP contribution is 2.35. The first-order valence-electron chi connectivity index (χ1n) is 14.6. The Kier molecular flexibility index (Phi) is 6.64. The standard InChI is InChI=1S/C31H33N7O4/c1-35-17-22(33-29(31(35)41)34-23-16-32-38(18-23)24-10-11-24)15-28(39)42-19-21-7-3-5-9-26(21)37-13-12-36-25-8-4-2-6-20(25)14-27(36)30(37)40/h3,5,7,9,14,16-18,24H,2,4,6,8,10-13,15,19H2,1H3,(H,33,34). The van der Waals surface area contributed by atoms with Crippen molar-refractivity contribution in [3.8, 4) is 0 Å². The fourth-order valence-corrected chi connectivity index (χ4v) is 6.03. The van der Waals surface area contributed by atoms with Crippen LogP contribution >= 0.6 is 0 Å². The molecule has 0 atom stereocenters. The van der Waals surface area contributed by atoms with Gasteiger partial charge in [0.1, 0.15) is 12.3 Å². The van der Waals surface area contributed by atoms with Crippen molar-refractivity contribution in [1.82, 2.24) is 23.9 Å². The highest BCUT2D eigenvalue weighted by atomic mass is 16.5. The summed E-state index contributed by atoms with van der Waals surface area (Å²) >= 11 is 0. The van der Waals surface area contributed by atoms with Crippen LogP contribution in [0, 0.1) is 0 Å². The Labute approximate surface area is 242 Å². The largest absolute Gasteiger partial charge is 0.460 e. The van der Waals surface area contributed by atoms with E-state index in [9.17, 15) is 14.4 Å². The molecule has 11 heteroatoms. The number of anilines is 3. The Morgan fingerprint density at radius 1 is 1.10 bits per heavy atom. The Morgan fingerprint density at radius 2 is 1.93 bits per heavy atom. The van der Waals surface area contributed by atoms with Crippen LogP contribution in [-0.2, 0) is 49.0 Å². The summed E-state index contributed by atoms with van der Waals surface area (Å²) in [7, 11) is 1.62. The third kappa shape index (κ3) is 4.99. The summed E-state index contributed by atoms with van der Waals surface area (Å²) in [6.45, 7) is 1.34. The Hall–Kier alpha value is -4.67. The van der Waals surface area contributed by atoms with Crippen LogP contribution in [0.15, 0.2) is 53.7 Å². The summed E-state index contributed by atoms with van der Waals surface area (Å²) in [6.07, 6.45) is 11.6. The Bertz CT molecular complexity index is 1750. The van der Waals surface area contributed by atoms with Crippen LogP contribution in [0.5, 0.6) is 0 Å². The second-order valence-corrected chi connectivity index (χ2v) is 11.3. The molecule has 2 aliphatic carbocycles. The van der Waals surface area contributed by atoms with E-state index >= 15 is 0 Å². The molecule has 0 bridgehead atoms. The van der Waals surface area contributed by atoms with Gasteiger partial charge in [0.15, 0.2) is 5.82 Å². The zero-order chi connectivity index (χ0) is 28.8. The van der Waals surface area contributed by atoms with Crippen molar-refractivity contribution in [2.45, 2.75) is 64.1 Å². The van der Waals surface area contributed by atoms with E-state index in [1.807, 2.05) is 35.1 Å². The molecule has 1 N–H and O–H groups in total. The van der Waals surface area contributed by atoms with Crippen LogP contribution in [0.3, 0.4) is 0 Å². The smallest absolute Gasteiger partial charge is 0.312 e. The Balaban J connectivity index is 1.03. The average Bonchev–Trinajstić information content (AvgIpc) is 3.62. The summed E-state index contributed by atoms with van der Waals surface area (Å²) in [5.74, 6) is -0.375. The van der Waals surface area contributed by atoms with Gasteiger partial charge in [0.25, 0.3) is 11.5 Å². The van der Waals surface area contributed by atoms with Crippen molar-refractivity contribution >= 4 is 29.1 Å². The van der Waals surface area contributed by atoms with E-state index in [-0.39, 0.29) is 30.3 Å². The number of hydrogen-bond acceptors (Lipinski definition) is 7. The van der Waals surface area contributed by atoms with Gasteiger partial charge in [-0.2, -0.15) is 5.10 Å². The molecule has 216 valence electrons. The van der Waals surface area contributed by atoms with Gasteiger partial charge in [-0.05, 0) is 56.2 Å². The van der Waals surface area contributed by atoms with E-state index < -0.39 is 5.97 Å². The van der Waals surface area contributed by atoms with E-state index in [0.29, 0.717) is 24.0 Å². The number of esters is 1. The highest BCUT2D eigenvalue weighted by Gasteiger charge is 2.31. The number of carbonyl (C=O) groups excluding carboxylic acids is 2. The molecule has 0 radical (unpaired) electrons. The molecule has 3 aromatic heterocycles. The lowest BCUT2D eigenvalue weighted by atomic mass is 9.98. The molecule has 7 rings (SSSR count). The lowest BCUT2D eigenvalue weighted by Gasteiger charge is -2.31. The number of para-hydroxylation sites is 1. The lowest BCUT2D eigenvalue weighted by molar-refractivity contribution is -0.144. The molecular formula is C31H33N7O4. The van der Waals surface area contributed by atoms with Crippen molar-refractivity contribution < 1.29 is 14.3 Å². The molecule has 0 saturated heterocycles. The fraction of sp³-hybridized carbons (Fsp3) is 0.387. The summed E-state index contributed by atoms with van der Waals surface area (Å²) < 4.78 is 11.1. The van der Waals surface area contributed by atoms with Crippen molar-refractivity contribution in [3.63, 3.8) is 0 Å². The molecule has 3 aliphatic rings. The monoisotopic (exact) mass is 567 g/mol. The summed E-state index contributed by atoms with van der Waals surface area (Å²) in [5, 5.41) is 7.38. The van der Waals surface area contributed by atoms with Gasteiger partial charge in [-0.1, -0.05) is 18.2 Å². The van der Waals surface area contributed by atoms with Gasteiger partial charge < -0.3 is 24.1 Å². The van der Waals surface area contributed by atoms with E-state index in [0.717, 1.165) is 49.2 Å². The zero-order valence-electron chi connectivity index (χ0n) is 23.6. The average molecular weight is 568 g/mol. The maximum absolute atomic E-state index is 13.6. The quantitative estimate of drug-likeness (QED) is 0.323. The number of amides is 1. The minimum absolute atomic E-state index is 0.0214. The minimum atomic E-state index is -0.477. The molecule has 42 heavy (non-hydrogen) atoms. The van der Waals surface area contributed by atoms with Crippen molar-refractivity contribution in [3.05, 3.63) is 87.5 Å². The SMILES string of the molecule is Cn1cc(CC(=O)OCc2ccccc2N2CCn3c(cc4c3CCCC4)C2=O)nc(Nc2cnn(C3CC3)c2)c1=O. The van der Waals surface area contributed by atoms with Crippen LogP contribution in [0.1, 0.15) is 64.7 Å². The molecule has 1 fully saturated rings.